The molecule has 0 radical (unpaired) electrons. The summed E-state index contributed by atoms with van der Waals surface area (Å²) in [7, 11) is 0. The van der Waals surface area contributed by atoms with Crippen molar-refractivity contribution in [1.29, 1.82) is 5.26 Å². The fraction of sp³-hybridized carbons (Fsp3) is 0.240. The van der Waals surface area contributed by atoms with Crippen LogP contribution in [0, 0.1) is 23.1 Å². The number of aromatic nitrogens is 1. The Bertz CT molecular complexity index is 1310. The first-order valence-electron chi connectivity index (χ1n) is 10.6. The van der Waals surface area contributed by atoms with Crippen LogP contribution in [-0.4, -0.2) is 28.6 Å². The minimum Gasteiger partial charge on any atom is -0.324 e. The first-order valence-corrected chi connectivity index (χ1v) is 10.6. The number of nitriles is 1. The van der Waals surface area contributed by atoms with E-state index in [1.807, 2.05) is 28.8 Å². The summed E-state index contributed by atoms with van der Waals surface area (Å²) in [6.45, 7) is 1.55. The summed E-state index contributed by atoms with van der Waals surface area (Å²) in [4.78, 5) is 27.3. The zero-order chi connectivity index (χ0) is 22.2. The lowest BCUT2D eigenvalue weighted by molar-refractivity contribution is 0.140. The summed E-state index contributed by atoms with van der Waals surface area (Å²) in [6.07, 6.45) is 0.887. The van der Waals surface area contributed by atoms with E-state index in [4.69, 9.17) is 0 Å². The van der Waals surface area contributed by atoms with E-state index in [-0.39, 0.29) is 23.4 Å². The van der Waals surface area contributed by atoms with Crippen LogP contribution < -0.4 is 10.9 Å². The first kappa shape index (κ1) is 20.0. The van der Waals surface area contributed by atoms with Gasteiger partial charge >= 0.3 is 6.03 Å². The number of halogens is 1. The van der Waals surface area contributed by atoms with Gasteiger partial charge in [-0.05, 0) is 54.3 Å². The van der Waals surface area contributed by atoms with E-state index in [2.05, 4.69) is 11.4 Å². The zero-order valence-electron chi connectivity index (χ0n) is 17.3. The van der Waals surface area contributed by atoms with Gasteiger partial charge in [0.1, 0.15) is 5.82 Å². The van der Waals surface area contributed by atoms with Crippen molar-refractivity contribution >= 4 is 11.7 Å². The van der Waals surface area contributed by atoms with Crippen LogP contribution in [0.25, 0.3) is 11.1 Å². The number of piperidine rings is 1. The van der Waals surface area contributed by atoms with E-state index < -0.39 is 5.82 Å². The first-order chi connectivity index (χ1) is 15.5. The van der Waals surface area contributed by atoms with E-state index in [0.29, 0.717) is 30.9 Å². The molecule has 7 heteroatoms. The highest BCUT2D eigenvalue weighted by Crippen LogP contribution is 2.40. The van der Waals surface area contributed by atoms with Crippen molar-refractivity contribution in [2.24, 2.45) is 5.92 Å². The highest BCUT2D eigenvalue weighted by Gasteiger charge is 2.38. The zero-order valence-corrected chi connectivity index (χ0v) is 17.3. The van der Waals surface area contributed by atoms with Crippen LogP contribution in [0.5, 0.6) is 0 Å². The lowest BCUT2D eigenvalue weighted by Gasteiger charge is -2.43. The molecule has 2 atom stereocenters. The molecule has 6 nitrogen and oxygen atoms in total. The molecule has 5 rings (SSSR count). The standard InChI is InChI=1S/C25H21FN4O2/c26-20-5-2-6-21(11-20)28-25(32)29-13-17-10-19(15-29)24-22(7-8-23(31)30(24)14-17)18-4-1-3-16(9-18)12-27/h1-9,11,17,19H,10,13-15H2,(H,28,32)/t17-,19+/m0/s1. The van der Waals surface area contributed by atoms with Crippen molar-refractivity contribution in [3.63, 3.8) is 0 Å². The Morgan fingerprint density at radius 1 is 1.06 bits per heavy atom. The Morgan fingerprint density at radius 2 is 1.91 bits per heavy atom. The van der Waals surface area contributed by atoms with Gasteiger partial charge in [0.25, 0.3) is 5.56 Å². The summed E-state index contributed by atoms with van der Waals surface area (Å²) in [5, 5.41) is 12.1. The van der Waals surface area contributed by atoms with Crippen LogP contribution in [0.2, 0.25) is 0 Å². The topological polar surface area (TPSA) is 78.1 Å². The molecule has 2 amide bonds. The minimum absolute atomic E-state index is 0.00426. The molecule has 2 aromatic carbocycles. The lowest BCUT2D eigenvalue weighted by Crippen LogP contribution is -2.50. The molecule has 1 N–H and O–H groups in total. The molecule has 0 spiro atoms. The minimum atomic E-state index is -0.407. The van der Waals surface area contributed by atoms with Crippen LogP contribution in [0.3, 0.4) is 0 Å². The molecule has 32 heavy (non-hydrogen) atoms. The van der Waals surface area contributed by atoms with Gasteiger partial charge in [0.05, 0.1) is 11.6 Å². The molecule has 2 bridgehead atoms. The fourth-order valence-electron chi connectivity index (χ4n) is 4.95. The average molecular weight is 428 g/mol. The molecule has 0 aliphatic carbocycles. The van der Waals surface area contributed by atoms with Gasteiger partial charge in [-0.25, -0.2) is 9.18 Å². The number of rotatable bonds is 2. The summed E-state index contributed by atoms with van der Waals surface area (Å²) < 4.78 is 15.3. The number of hydrogen-bond acceptors (Lipinski definition) is 3. The van der Waals surface area contributed by atoms with Gasteiger partial charge in [-0.1, -0.05) is 18.2 Å². The number of nitrogens with zero attached hydrogens (tertiary/aromatic N) is 3. The Balaban J connectivity index is 1.48. The Labute approximate surface area is 184 Å². The Morgan fingerprint density at radius 3 is 2.72 bits per heavy atom. The van der Waals surface area contributed by atoms with Crippen molar-refractivity contribution in [2.45, 2.75) is 18.9 Å². The number of amides is 2. The summed E-state index contributed by atoms with van der Waals surface area (Å²) in [5.74, 6) is -0.246. The van der Waals surface area contributed by atoms with Crippen LogP contribution in [0.1, 0.15) is 23.6 Å². The Kier molecular flexibility index (Phi) is 4.98. The number of nitrogens with one attached hydrogen (secondary N) is 1. The second kappa shape index (κ2) is 7.97. The molecular formula is C25H21FN4O2. The molecule has 3 heterocycles. The molecule has 2 aliphatic heterocycles. The number of hydrogen-bond donors (Lipinski definition) is 1. The highest BCUT2D eigenvalue weighted by molar-refractivity contribution is 5.89. The molecule has 2 aliphatic rings. The Hall–Kier alpha value is -3.92. The molecule has 1 saturated heterocycles. The fourth-order valence-corrected chi connectivity index (χ4v) is 4.95. The lowest BCUT2D eigenvalue weighted by atomic mass is 9.80. The summed E-state index contributed by atoms with van der Waals surface area (Å²) in [6, 6.07) is 18.5. The number of likely N-dealkylation sites (tertiary alicyclic amines) is 1. The average Bonchev–Trinajstić information content (AvgIpc) is 2.79. The molecule has 0 unspecified atom stereocenters. The normalized spacial score (nSPS) is 19.1. The van der Waals surface area contributed by atoms with E-state index in [9.17, 15) is 19.2 Å². The van der Waals surface area contributed by atoms with Crippen molar-refractivity contribution in [1.82, 2.24) is 9.47 Å². The maximum atomic E-state index is 13.5. The van der Waals surface area contributed by atoms with E-state index in [1.54, 1.807) is 29.2 Å². The van der Waals surface area contributed by atoms with E-state index >= 15 is 0 Å². The third-order valence-corrected chi connectivity index (χ3v) is 6.26. The molecule has 3 aromatic rings. The van der Waals surface area contributed by atoms with Crippen molar-refractivity contribution in [2.75, 3.05) is 18.4 Å². The number of pyridine rings is 1. The third kappa shape index (κ3) is 3.65. The van der Waals surface area contributed by atoms with Crippen molar-refractivity contribution < 1.29 is 9.18 Å². The number of anilines is 1. The van der Waals surface area contributed by atoms with Gasteiger partial charge in [0.2, 0.25) is 0 Å². The van der Waals surface area contributed by atoms with E-state index in [1.165, 1.54) is 12.1 Å². The second-order valence-electron chi connectivity index (χ2n) is 8.42. The maximum Gasteiger partial charge on any atom is 0.321 e. The van der Waals surface area contributed by atoms with Crippen LogP contribution in [0.15, 0.2) is 65.5 Å². The van der Waals surface area contributed by atoms with Gasteiger partial charge in [0.15, 0.2) is 0 Å². The van der Waals surface area contributed by atoms with Gasteiger partial charge in [-0.15, -0.1) is 0 Å². The molecule has 160 valence electrons. The summed E-state index contributed by atoms with van der Waals surface area (Å²) >= 11 is 0. The highest BCUT2D eigenvalue weighted by atomic mass is 19.1. The smallest absolute Gasteiger partial charge is 0.321 e. The number of benzene rings is 2. The quantitative estimate of drug-likeness (QED) is 0.665. The molecule has 1 fully saturated rings. The van der Waals surface area contributed by atoms with Crippen LogP contribution in [0.4, 0.5) is 14.9 Å². The predicted octanol–water partition coefficient (Wildman–Crippen LogP) is 4.18. The monoisotopic (exact) mass is 428 g/mol. The van der Waals surface area contributed by atoms with Gasteiger partial charge in [-0.2, -0.15) is 5.26 Å². The van der Waals surface area contributed by atoms with Crippen molar-refractivity contribution in [3.8, 4) is 17.2 Å². The van der Waals surface area contributed by atoms with Crippen molar-refractivity contribution in [3.05, 3.63) is 88.1 Å². The third-order valence-electron chi connectivity index (χ3n) is 6.26. The van der Waals surface area contributed by atoms with Crippen LogP contribution >= 0.6 is 0 Å². The molecular weight excluding hydrogens is 407 g/mol. The van der Waals surface area contributed by atoms with Gasteiger partial charge in [0, 0.05) is 48.6 Å². The SMILES string of the molecule is N#Cc1cccc(-c2ccc(=O)n3c2[C@@H]2C[C@@H](CN(C(=O)Nc4cccc(F)c4)C2)C3)c1. The number of urea groups is 1. The largest absolute Gasteiger partial charge is 0.324 e. The predicted molar refractivity (Wildman–Crippen MR) is 119 cm³/mol. The van der Waals surface area contributed by atoms with E-state index in [0.717, 1.165) is 23.2 Å². The number of carbonyl (C=O) groups is 1. The summed E-state index contributed by atoms with van der Waals surface area (Å²) in [5.41, 5.74) is 3.63. The second-order valence-corrected chi connectivity index (χ2v) is 8.42. The van der Waals surface area contributed by atoms with Gasteiger partial charge in [-0.3, -0.25) is 4.79 Å². The molecule has 1 aromatic heterocycles. The number of fused-ring (bicyclic) bond motifs is 4. The maximum absolute atomic E-state index is 13.5. The number of carbonyl (C=O) groups excluding carboxylic acids is 1. The molecule has 0 saturated carbocycles. The van der Waals surface area contributed by atoms with Crippen LogP contribution in [-0.2, 0) is 6.54 Å². The van der Waals surface area contributed by atoms with Gasteiger partial charge < -0.3 is 14.8 Å².